The van der Waals surface area contributed by atoms with Crippen molar-refractivity contribution in [3.63, 3.8) is 0 Å². The minimum Gasteiger partial charge on any atom is -0.480 e. The van der Waals surface area contributed by atoms with Gasteiger partial charge in [0.2, 0.25) is 5.88 Å². The second-order valence-electron chi connectivity index (χ2n) is 3.27. The molecule has 1 aromatic heterocycles. The zero-order valence-electron chi connectivity index (χ0n) is 8.40. The van der Waals surface area contributed by atoms with Crippen LogP contribution < -0.4 is 10.1 Å². The molecule has 1 aliphatic rings. The molecule has 0 aliphatic carbocycles. The van der Waals surface area contributed by atoms with E-state index in [1.807, 2.05) is 0 Å². The molecule has 80 valence electrons. The Hall–Kier alpha value is -1.62. The van der Waals surface area contributed by atoms with E-state index in [4.69, 9.17) is 9.47 Å². The summed E-state index contributed by atoms with van der Waals surface area (Å²) in [7, 11) is 1.49. The Kier molecular flexibility index (Phi) is 2.82. The van der Waals surface area contributed by atoms with Gasteiger partial charge < -0.3 is 14.8 Å². The first-order valence-corrected chi connectivity index (χ1v) is 4.69. The number of nitrogens with one attached hydrogen (secondary N) is 1. The van der Waals surface area contributed by atoms with Gasteiger partial charge in [0.15, 0.2) is 0 Å². The van der Waals surface area contributed by atoms with E-state index in [-0.39, 0.29) is 11.9 Å². The quantitative estimate of drug-likeness (QED) is 0.771. The van der Waals surface area contributed by atoms with Crippen LogP contribution in [0.15, 0.2) is 18.3 Å². The van der Waals surface area contributed by atoms with Crippen molar-refractivity contribution in [2.75, 3.05) is 20.3 Å². The second kappa shape index (κ2) is 4.27. The van der Waals surface area contributed by atoms with Crippen molar-refractivity contribution < 1.29 is 14.3 Å². The minimum atomic E-state index is -0.173. The zero-order valence-corrected chi connectivity index (χ0v) is 8.40. The van der Waals surface area contributed by atoms with Gasteiger partial charge in [-0.25, -0.2) is 4.98 Å². The van der Waals surface area contributed by atoms with Crippen molar-refractivity contribution in [1.29, 1.82) is 0 Å². The van der Waals surface area contributed by atoms with Crippen LogP contribution in [-0.4, -0.2) is 37.3 Å². The molecule has 0 atom stereocenters. The van der Waals surface area contributed by atoms with E-state index in [0.717, 1.165) is 0 Å². The average Bonchev–Trinajstić information content (AvgIpc) is 2.23. The average molecular weight is 208 g/mol. The fourth-order valence-corrected chi connectivity index (χ4v) is 1.31. The molecule has 1 N–H and O–H groups in total. The lowest BCUT2D eigenvalue weighted by Gasteiger charge is -2.26. The molecule has 1 amide bonds. The Balaban J connectivity index is 2.09. The highest BCUT2D eigenvalue weighted by Gasteiger charge is 2.22. The van der Waals surface area contributed by atoms with Crippen LogP contribution >= 0.6 is 0 Å². The molecule has 2 rings (SSSR count). The number of amides is 1. The molecular weight excluding hydrogens is 196 g/mol. The largest absolute Gasteiger partial charge is 0.480 e. The number of ether oxygens (including phenoxy) is 2. The van der Waals surface area contributed by atoms with Crippen molar-refractivity contribution >= 4 is 5.91 Å². The third-order valence-corrected chi connectivity index (χ3v) is 2.18. The predicted octanol–water partition coefficient (Wildman–Crippen LogP) is 0.219. The van der Waals surface area contributed by atoms with E-state index >= 15 is 0 Å². The maximum absolute atomic E-state index is 11.7. The van der Waals surface area contributed by atoms with Crippen molar-refractivity contribution in [2.24, 2.45) is 0 Å². The normalized spacial score (nSPS) is 15.5. The highest BCUT2D eigenvalue weighted by molar-refractivity contribution is 5.96. The van der Waals surface area contributed by atoms with Crippen molar-refractivity contribution in [2.45, 2.75) is 6.04 Å². The Labute approximate surface area is 87.4 Å². The SMILES string of the molecule is COc1ncccc1C(=O)NC1COC1. The number of nitrogens with zero attached hydrogens (tertiary/aromatic N) is 1. The van der Waals surface area contributed by atoms with Gasteiger partial charge in [0, 0.05) is 6.20 Å². The van der Waals surface area contributed by atoms with E-state index in [2.05, 4.69) is 10.3 Å². The molecule has 0 spiro atoms. The molecule has 0 radical (unpaired) electrons. The Morgan fingerprint density at radius 2 is 2.47 bits per heavy atom. The first-order valence-electron chi connectivity index (χ1n) is 4.69. The third kappa shape index (κ3) is 2.07. The van der Waals surface area contributed by atoms with Crippen LogP contribution in [0.1, 0.15) is 10.4 Å². The number of pyridine rings is 1. The molecular formula is C10H12N2O3. The van der Waals surface area contributed by atoms with Crippen LogP contribution in [0.25, 0.3) is 0 Å². The lowest BCUT2D eigenvalue weighted by Crippen LogP contribution is -2.48. The molecule has 0 aromatic carbocycles. The zero-order chi connectivity index (χ0) is 10.7. The summed E-state index contributed by atoms with van der Waals surface area (Å²) in [5.74, 6) is 0.170. The predicted molar refractivity (Wildman–Crippen MR) is 52.9 cm³/mol. The third-order valence-electron chi connectivity index (χ3n) is 2.18. The van der Waals surface area contributed by atoms with Gasteiger partial charge in [0.05, 0.1) is 26.4 Å². The highest BCUT2D eigenvalue weighted by atomic mass is 16.5. The number of aromatic nitrogens is 1. The molecule has 15 heavy (non-hydrogen) atoms. The fraction of sp³-hybridized carbons (Fsp3) is 0.400. The van der Waals surface area contributed by atoms with Crippen molar-refractivity contribution in [1.82, 2.24) is 10.3 Å². The smallest absolute Gasteiger partial charge is 0.257 e. The van der Waals surface area contributed by atoms with Crippen molar-refractivity contribution in [3.05, 3.63) is 23.9 Å². The van der Waals surface area contributed by atoms with E-state index in [9.17, 15) is 4.79 Å². The number of methoxy groups -OCH3 is 1. The van der Waals surface area contributed by atoms with Gasteiger partial charge in [-0.05, 0) is 12.1 Å². The molecule has 1 saturated heterocycles. The van der Waals surface area contributed by atoms with Gasteiger partial charge in [-0.1, -0.05) is 0 Å². The maximum Gasteiger partial charge on any atom is 0.257 e. The number of hydrogen-bond acceptors (Lipinski definition) is 4. The van der Waals surface area contributed by atoms with Crippen LogP contribution in [0.4, 0.5) is 0 Å². The summed E-state index contributed by atoms with van der Waals surface area (Å²) in [6, 6.07) is 3.50. The van der Waals surface area contributed by atoms with Crippen LogP contribution in [0.5, 0.6) is 5.88 Å². The maximum atomic E-state index is 11.7. The number of hydrogen-bond donors (Lipinski definition) is 1. The Morgan fingerprint density at radius 3 is 3.07 bits per heavy atom. The number of rotatable bonds is 3. The number of carbonyl (C=O) groups is 1. The van der Waals surface area contributed by atoms with Gasteiger partial charge in [0.25, 0.3) is 5.91 Å². The van der Waals surface area contributed by atoms with Crippen LogP contribution in [-0.2, 0) is 4.74 Å². The first kappa shape index (κ1) is 9.92. The Morgan fingerprint density at radius 1 is 1.67 bits per heavy atom. The highest BCUT2D eigenvalue weighted by Crippen LogP contribution is 2.14. The first-order chi connectivity index (χ1) is 7.31. The van der Waals surface area contributed by atoms with Gasteiger partial charge in [-0.3, -0.25) is 4.79 Å². The molecule has 2 heterocycles. The summed E-state index contributed by atoms with van der Waals surface area (Å²) in [5.41, 5.74) is 0.451. The van der Waals surface area contributed by atoms with Gasteiger partial charge >= 0.3 is 0 Å². The van der Waals surface area contributed by atoms with Gasteiger partial charge in [0.1, 0.15) is 5.56 Å². The van der Waals surface area contributed by atoms with E-state index in [0.29, 0.717) is 24.7 Å². The van der Waals surface area contributed by atoms with Gasteiger partial charge in [-0.15, -0.1) is 0 Å². The summed E-state index contributed by atoms with van der Waals surface area (Å²) >= 11 is 0. The van der Waals surface area contributed by atoms with Crippen LogP contribution in [0.3, 0.4) is 0 Å². The van der Waals surface area contributed by atoms with Crippen LogP contribution in [0.2, 0.25) is 0 Å². The molecule has 0 bridgehead atoms. The standard InChI is InChI=1S/C10H12N2O3/c1-14-10-8(3-2-4-11-10)9(13)12-7-5-15-6-7/h2-4,7H,5-6H2,1H3,(H,12,13). The lowest BCUT2D eigenvalue weighted by molar-refractivity contribution is -0.00351. The molecule has 1 aromatic rings. The summed E-state index contributed by atoms with van der Waals surface area (Å²) in [6.45, 7) is 1.16. The number of carbonyl (C=O) groups excluding carboxylic acids is 1. The molecule has 5 nitrogen and oxygen atoms in total. The van der Waals surface area contributed by atoms with E-state index < -0.39 is 0 Å². The monoisotopic (exact) mass is 208 g/mol. The molecule has 0 saturated carbocycles. The molecule has 5 heteroatoms. The summed E-state index contributed by atoms with van der Waals surface area (Å²) in [6.07, 6.45) is 1.59. The van der Waals surface area contributed by atoms with E-state index in [1.54, 1.807) is 18.3 Å². The summed E-state index contributed by atoms with van der Waals surface area (Å²) in [5, 5.41) is 2.82. The Bertz CT molecular complexity index is 363. The second-order valence-corrected chi connectivity index (χ2v) is 3.27. The lowest BCUT2D eigenvalue weighted by atomic mass is 10.2. The topological polar surface area (TPSA) is 60.5 Å². The summed E-state index contributed by atoms with van der Waals surface area (Å²) in [4.78, 5) is 15.7. The fourth-order valence-electron chi connectivity index (χ4n) is 1.31. The van der Waals surface area contributed by atoms with E-state index in [1.165, 1.54) is 7.11 Å². The minimum absolute atomic E-state index is 0.113. The molecule has 1 aliphatic heterocycles. The summed E-state index contributed by atoms with van der Waals surface area (Å²) < 4.78 is 9.96. The van der Waals surface area contributed by atoms with Gasteiger partial charge in [-0.2, -0.15) is 0 Å². The molecule has 0 unspecified atom stereocenters. The molecule has 1 fully saturated rings. The van der Waals surface area contributed by atoms with Crippen molar-refractivity contribution in [3.8, 4) is 5.88 Å². The van der Waals surface area contributed by atoms with Crippen LogP contribution in [0, 0.1) is 0 Å².